The Bertz CT molecular complexity index is 1470. The number of anilines is 1. The summed E-state index contributed by atoms with van der Waals surface area (Å²) >= 11 is 12.5. The van der Waals surface area contributed by atoms with Crippen LogP contribution < -0.4 is 9.62 Å². The lowest BCUT2D eigenvalue weighted by Crippen LogP contribution is -2.53. The lowest BCUT2D eigenvalue weighted by atomic mass is 9.95. The molecule has 0 bridgehead atoms. The highest BCUT2D eigenvalue weighted by molar-refractivity contribution is 7.92. The van der Waals surface area contributed by atoms with Crippen LogP contribution in [0.4, 0.5) is 5.69 Å². The van der Waals surface area contributed by atoms with Crippen LogP contribution in [0, 0.1) is 6.92 Å². The largest absolute Gasteiger partial charge is 0.352 e. The third-order valence-corrected chi connectivity index (χ3v) is 9.88. The summed E-state index contributed by atoms with van der Waals surface area (Å²) < 4.78 is 29.0. The number of hydrogen-bond donors (Lipinski definition) is 1. The summed E-state index contributed by atoms with van der Waals surface area (Å²) in [5.74, 6) is -0.808. The topological polar surface area (TPSA) is 86.8 Å². The molecule has 4 rings (SSSR count). The number of carbonyl (C=O) groups is 2. The van der Waals surface area contributed by atoms with Gasteiger partial charge in [0.1, 0.15) is 12.6 Å². The van der Waals surface area contributed by atoms with Gasteiger partial charge in [0.15, 0.2) is 0 Å². The molecule has 2 amide bonds. The van der Waals surface area contributed by atoms with Crippen molar-refractivity contribution in [2.24, 2.45) is 0 Å². The van der Waals surface area contributed by atoms with Gasteiger partial charge in [0, 0.05) is 22.6 Å². The molecule has 0 unspecified atom stereocenters. The quantitative estimate of drug-likeness (QED) is 0.287. The number of sulfonamides is 1. The van der Waals surface area contributed by atoms with E-state index in [0.29, 0.717) is 26.9 Å². The summed E-state index contributed by atoms with van der Waals surface area (Å²) in [5.41, 5.74) is 1.70. The van der Waals surface area contributed by atoms with Crippen LogP contribution in [0.3, 0.4) is 0 Å². The molecule has 1 saturated carbocycles. The summed E-state index contributed by atoms with van der Waals surface area (Å²) in [6.45, 7) is 2.98. The molecule has 0 spiro atoms. The fourth-order valence-electron chi connectivity index (χ4n) is 5.05. The van der Waals surface area contributed by atoms with E-state index in [1.54, 1.807) is 62.4 Å². The number of benzene rings is 3. The van der Waals surface area contributed by atoms with Crippen LogP contribution in [0.15, 0.2) is 77.7 Å². The van der Waals surface area contributed by atoms with Gasteiger partial charge < -0.3 is 10.2 Å². The maximum absolute atomic E-state index is 14.1. The molecular weight excluding hydrogens is 581 g/mol. The number of rotatable bonds is 10. The van der Waals surface area contributed by atoms with E-state index in [2.05, 4.69) is 5.32 Å². The zero-order chi connectivity index (χ0) is 29.6. The van der Waals surface area contributed by atoms with Gasteiger partial charge in [0.25, 0.3) is 10.0 Å². The molecule has 3 aromatic carbocycles. The minimum Gasteiger partial charge on any atom is -0.352 e. The molecule has 0 aromatic heterocycles. The Morgan fingerprint density at radius 1 is 0.927 bits per heavy atom. The fourth-order valence-corrected chi connectivity index (χ4v) is 6.85. The number of para-hydroxylation sites is 1. The van der Waals surface area contributed by atoms with Crippen molar-refractivity contribution >= 4 is 50.7 Å². The standard InChI is InChI=1S/C31H35Cl2N3O4S/c1-22-10-6-9-15-29(22)36(41(39,40)27-18-16-25(32)17-19-27)21-30(37)35(20-24-11-7-8-14-28(24)33)23(2)31(38)34-26-12-4-3-5-13-26/h6-11,14-19,23,26H,3-5,12-13,20-21H2,1-2H3,(H,34,38)/t23-/m0/s1. The van der Waals surface area contributed by atoms with Crippen LogP contribution >= 0.6 is 23.2 Å². The highest BCUT2D eigenvalue weighted by atomic mass is 35.5. The molecule has 1 N–H and O–H groups in total. The van der Waals surface area contributed by atoms with E-state index in [9.17, 15) is 18.0 Å². The first kappa shape index (κ1) is 30.9. The molecular formula is C31H35Cl2N3O4S. The molecule has 0 saturated heterocycles. The molecule has 1 fully saturated rings. The first-order valence-corrected chi connectivity index (χ1v) is 15.9. The first-order chi connectivity index (χ1) is 19.6. The Balaban J connectivity index is 1.69. The predicted molar refractivity (Wildman–Crippen MR) is 164 cm³/mol. The predicted octanol–water partition coefficient (Wildman–Crippen LogP) is 6.36. The lowest BCUT2D eigenvalue weighted by Gasteiger charge is -2.33. The first-order valence-electron chi connectivity index (χ1n) is 13.7. The Morgan fingerprint density at radius 3 is 2.22 bits per heavy atom. The number of aryl methyl sites for hydroxylation is 1. The van der Waals surface area contributed by atoms with Crippen LogP contribution in [-0.4, -0.2) is 43.8 Å². The van der Waals surface area contributed by atoms with Crippen molar-refractivity contribution in [3.63, 3.8) is 0 Å². The smallest absolute Gasteiger partial charge is 0.264 e. The zero-order valence-corrected chi connectivity index (χ0v) is 25.6. The van der Waals surface area contributed by atoms with E-state index in [-0.39, 0.29) is 23.4 Å². The highest BCUT2D eigenvalue weighted by Crippen LogP contribution is 2.28. The van der Waals surface area contributed by atoms with E-state index in [1.165, 1.54) is 29.2 Å². The molecule has 3 aromatic rings. The molecule has 1 aliphatic carbocycles. The second-order valence-corrected chi connectivity index (χ2v) is 13.1. The summed E-state index contributed by atoms with van der Waals surface area (Å²) in [7, 11) is -4.17. The number of carbonyl (C=O) groups excluding carboxylic acids is 2. The fraction of sp³-hybridized carbons (Fsp3) is 0.355. The van der Waals surface area contributed by atoms with Crippen molar-refractivity contribution in [3.8, 4) is 0 Å². The van der Waals surface area contributed by atoms with Crippen molar-refractivity contribution in [1.29, 1.82) is 0 Å². The summed E-state index contributed by atoms with van der Waals surface area (Å²) in [6.07, 6.45) is 5.05. The van der Waals surface area contributed by atoms with Gasteiger partial charge in [-0.3, -0.25) is 13.9 Å². The van der Waals surface area contributed by atoms with Crippen molar-refractivity contribution in [2.75, 3.05) is 10.8 Å². The minimum atomic E-state index is -4.17. The summed E-state index contributed by atoms with van der Waals surface area (Å²) in [4.78, 5) is 28.9. The summed E-state index contributed by atoms with van der Waals surface area (Å²) in [6, 6.07) is 19.1. The zero-order valence-electron chi connectivity index (χ0n) is 23.2. The number of amides is 2. The molecule has 10 heteroatoms. The third-order valence-electron chi connectivity index (χ3n) is 7.48. The Labute approximate surface area is 252 Å². The molecule has 0 aliphatic heterocycles. The number of nitrogens with one attached hydrogen (secondary N) is 1. The third kappa shape index (κ3) is 7.61. The van der Waals surface area contributed by atoms with Crippen LogP contribution in [-0.2, 0) is 26.2 Å². The Hall–Kier alpha value is -3.07. The molecule has 1 atom stereocenters. The summed E-state index contributed by atoms with van der Waals surface area (Å²) in [5, 5.41) is 3.95. The molecule has 1 aliphatic rings. The number of hydrogen-bond acceptors (Lipinski definition) is 4. The van der Waals surface area contributed by atoms with Gasteiger partial charge >= 0.3 is 0 Å². The maximum atomic E-state index is 14.1. The van der Waals surface area contributed by atoms with E-state index in [0.717, 1.165) is 36.4 Å². The molecule has 41 heavy (non-hydrogen) atoms. The second kappa shape index (κ2) is 13.7. The second-order valence-electron chi connectivity index (χ2n) is 10.4. The minimum absolute atomic E-state index is 0.00121. The molecule has 0 radical (unpaired) electrons. The maximum Gasteiger partial charge on any atom is 0.264 e. The van der Waals surface area contributed by atoms with Crippen LogP contribution in [0.25, 0.3) is 0 Å². The van der Waals surface area contributed by atoms with E-state index >= 15 is 0 Å². The molecule has 7 nitrogen and oxygen atoms in total. The van der Waals surface area contributed by atoms with Crippen LogP contribution in [0.2, 0.25) is 10.0 Å². The van der Waals surface area contributed by atoms with Crippen molar-refractivity contribution in [1.82, 2.24) is 10.2 Å². The lowest BCUT2D eigenvalue weighted by molar-refractivity contribution is -0.139. The van der Waals surface area contributed by atoms with Crippen LogP contribution in [0.1, 0.15) is 50.2 Å². The molecule has 0 heterocycles. The van der Waals surface area contributed by atoms with Gasteiger partial charge in [-0.1, -0.05) is 78.9 Å². The molecule has 218 valence electrons. The normalized spacial score (nSPS) is 14.7. The number of halogens is 2. The highest BCUT2D eigenvalue weighted by Gasteiger charge is 2.34. The van der Waals surface area contributed by atoms with E-state index in [4.69, 9.17) is 23.2 Å². The average Bonchev–Trinajstić information content (AvgIpc) is 2.96. The van der Waals surface area contributed by atoms with Crippen molar-refractivity contribution in [2.45, 2.75) is 69.5 Å². The number of nitrogens with zero attached hydrogens (tertiary/aromatic N) is 2. The monoisotopic (exact) mass is 615 g/mol. The van der Waals surface area contributed by atoms with Gasteiger partial charge in [-0.15, -0.1) is 0 Å². The van der Waals surface area contributed by atoms with E-state index in [1.807, 2.05) is 0 Å². The van der Waals surface area contributed by atoms with Gasteiger partial charge in [-0.2, -0.15) is 0 Å². The average molecular weight is 617 g/mol. The SMILES string of the molecule is Cc1ccccc1N(CC(=O)N(Cc1ccccc1Cl)[C@@H](C)C(=O)NC1CCCCC1)S(=O)(=O)c1ccc(Cl)cc1. The van der Waals surface area contributed by atoms with Gasteiger partial charge in [0.2, 0.25) is 11.8 Å². The Kier molecular flexibility index (Phi) is 10.3. The van der Waals surface area contributed by atoms with Gasteiger partial charge in [0.05, 0.1) is 10.6 Å². The van der Waals surface area contributed by atoms with Crippen molar-refractivity contribution in [3.05, 3.63) is 94.0 Å². The van der Waals surface area contributed by atoms with Crippen LogP contribution in [0.5, 0.6) is 0 Å². The van der Waals surface area contributed by atoms with Crippen molar-refractivity contribution < 1.29 is 18.0 Å². The van der Waals surface area contributed by atoms with Gasteiger partial charge in [-0.25, -0.2) is 8.42 Å². The Morgan fingerprint density at radius 2 is 1.56 bits per heavy atom. The van der Waals surface area contributed by atoms with E-state index < -0.39 is 28.5 Å². The van der Waals surface area contributed by atoms with Gasteiger partial charge in [-0.05, 0) is 74.2 Å².